The molecule has 0 radical (unpaired) electrons. The second kappa shape index (κ2) is 9.99. The number of nitrogens with zero attached hydrogens (tertiary/aromatic N) is 3. The number of anilines is 1. The molecule has 4 heterocycles. The number of nitrogens with one attached hydrogen (secondary N) is 1. The zero-order chi connectivity index (χ0) is 22.8. The molecule has 0 bridgehead atoms. The number of carbonyl (C=O) groups is 2. The molecule has 0 saturated carbocycles. The number of aliphatic imine (C=N–C) groups is 1. The number of rotatable bonds is 4. The quantitative estimate of drug-likeness (QED) is 0.698. The summed E-state index contributed by atoms with van der Waals surface area (Å²) >= 11 is 3.25. The first-order valence-corrected chi connectivity index (χ1v) is 13.1. The maximum absolute atomic E-state index is 12.8. The average Bonchev–Trinajstić information content (AvgIpc) is 3.45. The molecule has 0 aliphatic carbocycles. The molecule has 2 saturated heterocycles. The number of methoxy groups -OCH3 is 1. The molecule has 33 heavy (non-hydrogen) atoms. The Bertz CT molecular complexity index is 954. The van der Waals surface area contributed by atoms with Gasteiger partial charge in [-0.3, -0.25) is 9.59 Å². The van der Waals surface area contributed by atoms with Crippen molar-refractivity contribution >= 4 is 46.2 Å². The van der Waals surface area contributed by atoms with Crippen LogP contribution < -0.4 is 10.1 Å². The zero-order valence-electron chi connectivity index (χ0n) is 18.6. The molecule has 1 N–H and O–H groups in total. The molecule has 2 atom stereocenters. The van der Waals surface area contributed by atoms with E-state index in [1.54, 1.807) is 18.9 Å². The molecule has 1 aromatic rings. The predicted molar refractivity (Wildman–Crippen MR) is 132 cm³/mol. The van der Waals surface area contributed by atoms with Gasteiger partial charge in [0.15, 0.2) is 5.17 Å². The lowest BCUT2D eigenvalue weighted by molar-refractivity contribution is -0.140. The van der Waals surface area contributed by atoms with Crippen LogP contribution in [0.4, 0.5) is 5.69 Å². The fraction of sp³-hybridized carbons (Fsp3) is 0.522. The second-order valence-corrected chi connectivity index (χ2v) is 10.7. The number of ether oxygens (including phenoxy) is 2. The maximum atomic E-state index is 12.8. The number of hydrogen-bond acceptors (Lipinski definition) is 8. The Hall–Kier alpha value is -2.17. The summed E-state index contributed by atoms with van der Waals surface area (Å²) in [5, 5.41) is 4.20. The van der Waals surface area contributed by atoms with E-state index < -0.39 is 0 Å². The van der Waals surface area contributed by atoms with Crippen LogP contribution in [0.1, 0.15) is 12.8 Å². The third-order valence-electron chi connectivity index (χ3n) is 6.33. The normalized spacial score (nSPS) is 25.4. The van der Waals surface area contributed by atoms with Crippen molar-refractivity contribution in [2.75, 3.05) is 51.8 Å². The topological polar surface area (TPSA) is 83.5 Å². The largest absolute Gasteiger partial charge is 0.497 e. The molecular weight excluding hydrogens is 460 g/mol. The Kier molecular flexibility index (Phi) is 6.84. The van der Waals surface area contributed by atoms with Crippen molar-refractivity contribution in [3.8, 4) is 5.75 Å². The fourth-order valence-electron chi connectivity index (χ4n) is 4.43. The van der Waals surface area contributed by atoms with Crippen LogP contribution >= 0.6 is 23.5 Å². The van der Waals surface area contributed by atoms with Crippen molar-refractivity contribution < 1.29 is 19.1 Å². The number of likely N-dealkylation sites (tertiary alicyclic amines) is 1. The van der Waals surface area contributed by atoms with Crippen LogP contribution in [0.15, 0.2) is 40.2 Å². The highest BCUT2D eigenvalue weighted by molar-refractivity contribution is 8.16. The number of hydrogen-bond donors (Lipinski definition) is 1. The van der Waals surface area contributed by atoms with Crippen LogP contribution in [-0.4, -0.2) is 83.9 Å². The van der Waals surface area contributed by atoms with Gasteiger partial charge < -0.3 is 24.6 Å². The second-order valence-electron chi connectivity index (χ2n) is 8.42. The van der Waals surface area contributed by atoms with E-state index in [-0.39, 0.29) is 28.4 Å². The molecular formula is C23H28N4O4S2. The Balaban J connectivity index is 1.11. The third-order valence-corrected chi connectivity index (χ3v) is 8.96. The molecule has 2 fully saturated rings. The van der Waals surface area contributed by atoms with E-state index in [4.69, 9.17) is 14.5 Å². The van der Waals surface area contributed by atoms with Gasteiger partial charge in [0.25, 0.3) is 5.91 Å². The molecule has 0 aromatic heterocycles. The minimum Gasteiger partial charge on any atom is -0.497 e. The number of amidine groups is 1. The van der Waals surface area contributed by atoms with Gasteiger partial charge in [0.2, 0.25) is 5.91 Å². The first kappa shape index (κ1) is 22.6. The maximum Gasteiger partial charge on any atom is 0.261 e. The van der Waals surface area contributed by atoms with Gasteiger partial charge in [0.05, 0.1) is 30.5 Å². The number of morpholine rings is 1. The molecule has 4 aliphatic rings. The van der Waals surface area contributed by atoms with Crippen molar-refractivity contribution in [2.45, 2.75) is 23.5 Å². The van der Waals surface area contributed by atoms with Crippen LogP contribution in [0.2, 0.25) is 0 Å². The fourth-order valence-corrected chi connectivity index (χ4v) is 7.06. The van der Waals surface area contributed by atoms with Gasteiger partial charge in [0, 0.05) is 37.8 Å². The van der Waals surface area contributed by atoms with Gasteiger partial charge in [0.1, 0.15) is 11.1 Å². The SMILES string of the molecule is COc1ccc(NC(=O)C2=CC3SC(N4CCC(C(=O)N5CCOCC5)CC4)=NC3S2)cc1. The number of benzene rings is 1. The minimum atomic E-state index is -0.0978. The predicted octanol–water partition coefficient (Wildman–Crippen LogP) is 2.63. The highest BCUT2D eigenvalue weighted by Gasteiger charge is 2.40. The van der Waals surface area contributed by atoms with Gasteiger partial charge in [-0.2, -0.15) is 0 Å². The Morgan fingerprint density at radius 2 is 1.82 bits per heavy atom. The van der Waals surface area contributed by atoms with E-state index in [0.717, 1.165) is 42.5 Å². The molecule has 2 amide bonds. The molecule has 176 valence electrons. The summed E-state index contributed by atoms with van der Waals surface area (Å²) in [4.78, 5) is 35.3. The summed E-state index contributed by atoms with van der Waals surface area (Å²) in [5.41, 5.74) is 0.741. The van der Waals surface area contributed by atoms with Gasteiger partial charge in [-0.1, -0.05) is 23.5 Å². The smallest absolute Gasteiger partial charge is 0.261 e. The van der Waals surface area contributed by atoms with E-state index in [2.05, 4.69) is 10.2 Å². The lowest BCUT2D eigenvalue weighted by Crippen LogP contribution is -2.47. The van der Waals surface area contributed by atoms with Crippen LogP contribution in [0.3, 0.4) is 0 Å². The summed E-state index contributed by atoms with van der Waals surface area (Å²) < 4.78 is 10.5. The Labute approximate surface area is 202 Å². The van der Waals surface area contributed by atoms with E-state index in [9.17, 15) is 9.59 Å². The third kappa shape index (κ3) is 5.02. The monoisotopic (exact) mass is 488 g/mol. The first-order valence-electron chi connectivity index (χ1n) is 11.3. The Morgan fingerprint density at radius 1 is 1.09 bits per heavy atom. The van der Waals surface area contributed by atoms with Crippen LogP contribution in [0, 0.1) is 5.92 Å². The lowest BCUT2D eigenvalue weighted by atomic mass is 9.95. The number of carbonyl (C=O) groups excluding carboxylic acids is 2. The number of piperidine rings is 1. The molecule has 1 aromatic carbocycles. The summed E-state index contributed by atoms with van der Waals surface area (Å²) in [6, 6.07) is 7.31. The summed E-state index contributed by atoms with van der Waals surface area (Å²) in [5.74, 6) is 1.04. The van der Waals surface area contributed by atoms with Crippen molar-refractivity contribution in [3.05, 3.63) is 35.2 Å². The average molecular weight is 489 g/mol. The number of fused-ring (bicyclic) bond motifs is 1. The van der Waals surface area contributed by atoms with Gasteiger partial charge in [-0.15, -0.1) is 0 Å². The zero-order valence-corrected chi connectivity index (χ0v) is 20.2. The highest BCUT2D eigenvalue weighted by Crippen LogP contribution is 2.45. The van der Waals surface area contributed by atoms with Crippen molar-refractivity contribution in [3.63, 3.8) is 0 Å². The highest BCUT2D eigenvalue weighted by atomic mass is 32.2. The van der Waals surface area contributed by atoms with Gasteiger partial charge in [-0.25, -0.2) is 4.99 Å². The molecule has 4 aliphatic heterocycles. The molecule has 2 unspecified atom stereocenters. The lowest BCUT2D eigenvalue weighted by Gasteiger charge is -2.36. The van der Waals surface area contributed by atoms with Crippen molar-refractivity contribution in [1.29, 1.82) is 0 Å². The summed E-state index contributed by atoms with van der Waals surface area (Å²) in [6.07, 6.45) is 3.76. The van der Waals surface area contributed by atoms with Gasteiger partial charge in [-0.05, 0) is 43.2 Å². The van der Waals surface area contributed by atoms with Crippen molar-refractivity contribution in [1.82, 2.24) is 9.80 Å². The Morgan fingerprint density at radius 3 is 2.48 bits per heavy atom. The molecule has 10 heteroatoms. The molecule has 5 rings (SSSR count). The van der Waals surface area contributed by atoms with E-state index >= 15 is 0 Å². The van der Waals surface area contributed by atoms with Crippen LogP contribution in [0.25, 0.3) is 0 Å². The van der Waals surface area contributed by atoms with E-state index in [0.29, 0.717) is 31.2 Å². The van der Waals surface area contributed by atoms with E-state index in [1.807, 2.05) is 35.2 Å². The summed E-state index contributed by atoms with van der Waals surface area (Å²) in [6.45, 7) is 4.42. The standard InChI is InChI=1S/C23H28N4O4S2/c1-30-17-4-2-16(3-5-17)24-20(28)18-14-19-21(32-18)25-23(33-19)27-8-6-15(7-9-27)22(29)26-10-12-31-13-11-26/h2-5,14-15,19,21H,6-13H2,1H3,(H,24,28). The van der Waals surface area contributed by atoms with E-state index in [1.165, 1.54) is 11.8 Å². The first-order chi connectivity index (χ1) is 16.1. The molecule has 8 nitrogen and oxygen atoms in total. The minimum absolute atomic E-state index is 0.0364. The molecule has 0 spiro atoms. The van der Waals surface area contributed by atoms with Gasteiger partial charge >= 0.3 is 0 Å². The van der Waals surface area contributed by atoms with Crippen LogP contribution in [-0.2, 0) is 14.3 Å². The number of amides is 2. The van der Waals surface area contributed by atoms with Crippen molar-refractivity contribution in [2.24, 2.45) is 10.9 Å². The number of thioether (sulfide) groups is 2. The van der Waals surface area contributed by atoms with Crippen LogP contribution in [0.5, 0.6) is 5.75 Å². The summed E-state index contributed by atoms with van der Waals surface area (Å²) in [7, 11) is 1.62.